The van der Waals surface area contributed by atoms with E-state index in [4.69, 9.17) is 0 Å². The van der Waals surface area contributed by atoms with E-state index in [1.54, 1.807) is 0 Å². The Kier molecular flexibility index (Phi) is 4.36. The second kappa shape index (κ2) is 6.00. The van der Waals surface area contributed by atoms with Gasteiger partial charge in [-0.2, -0.15) is 0 Å². The minimum Gasteiger partial charge on any atom is -0.353 e. The maximum absolute atomic E-state index is 11.4. The van der Waals surface area contributed by atoms with E-state index in [1.807, 2.05) is 0 Å². The van der Waals surface area contributed by atoms with E-state index in [-0.39, 0.29) is 17.9 Å². The molecule has 1 saturated carbocycles. The highest BCUT2D eigenvalue weighted by Crippen LogP contribution is 2.18. The normalized spacial score (nSPS) is 23.5. The third kappa shape index (κ3) is 4.73. The number of hydrogen-bond acceptors (Lipinski definition) is 3. The van der Waals surface area contributed by atoms with Gasteiger partial charge in [-0.1, -0.05) is 0 Å². The Hall–Kier alpha value is -1.10. The van der Waals surface area contributed by atoms with Crippen LogP contribution in [0.5, 0.6) is 0 Å². The second-order valence-electron chi connectivity index (χ2n) is 4.95. The highest BCUT2D eigenvalue weighted by molar-refractivity contribution is 5.78. The Morgan fingerprint density at radius 1 is 1.35 bits per heavy atom. The van der Waals surface area contributed by atoms with E-state index < -0.39 is 0 Å². The fourth-order valence-corrected chi connectivity index (χ4v) is 2.01. The molecule has 0 aromatic carbocycles. The van der Waals surface area contributed by atoms with Gasteiger partial charge in [0.15, 0.2) is 0 Å². The van der Waals surface area contributed by atoms with E-state index in [1.165, 1.54) is 0 Å². The highest BCUT2D eigenvalue weighted by atomic mass is 16.2. The smallest absolute Gasteiger partial charge is 0.220 e. The van der Waals surface area contributed by atoms with Gasteiger partial charge in [0.05, 0.1) is 0 Å². The maximum atomic E-state index is 11.4. The van der Waals surface area contributed by atoms with Crippen LogP contribution in [0.15, 0.2) is 0 Å². The van der Waals surface area contributed by atoms with Crippen LogP contribution in [0.3, 0.4) is 0 Å². The van der Waals surface area contributed by atoms with Gasteiger partial charge in [-0.05, 0) is 32.2 Å². The summed E-state index contributed by atoms with van der Waals surface area (Å²) < 4.78 is 0. The molecule has 2 amide bonds. The number of rotatable bonds is 7. The predicted molar refractivity (Wildman–Crippen MR) is 64.4 cm³/mol. The lowest BCUT2D eigenvalue weighted by atomic mass is 10.2. The van der Waals surface area contributed by atoms with Crippen molar-refractivity contribution in [2.24, 2.45) is 0 Å². The topological polar surface area (TPSA) is 70.2 Å². The summed E-state index contributed by atoms with van der Waals surface area (Å²) in [6.07, 6.45) is 5.32. The first kappa shape index (κ1) is 12.4. The van der Waals surface area contributed by atoms with Crippen molar-refractivity contribution in [2.45, 2.75) is 50.6 Å². The van der Waals surface area contributed by atoms with Crippen molar-refractivity contribution < 1.29 is 9.59 Å². The molecule has 1 aliphatic heterocycles. The molecule has 0 spiro atoms. The van der Waals surface area contributed by atoms with Gasteiger partial charge in [-0.3, -0.25) is 9.59 Å². The minimum atomic E-state index is 0.153. The molecule has 1 unspecified atom stereocenters. The zero-order valence-corrected chi connectivity index (χ0v) is 10.1. The Balaban J connectivity index is 1.43. The third-order valence-electron chi connectivity index (χ3n) is 3.18. The SMILES string of the molecule is O=C(CCCNCC1CCC(=O)N1)NC1CC1. The van der Waals surface area contributed by atoms with E-state index in [2.05, 4.69) is 16.0 Å². The van der Waals surface area contributed by atoms with Gasteiger partial charge in [-0.25, -0.2) is 0 Å². The Morgan fingerprint density at radius 3 is 2.82 bits per heavy atom. The Labute approximate surface area is 102 Å². The molecule has 0 bridgehead atoms. The summed E-state index contributed by atoms with van der Waals surface area (Å²) in [5, 5.41) is 9.15. The van der Waals surface area contributed by atoms with Crippen LogP contribution in [0.2, 0.25) is 0 Å². The summed E-state index contributed by atoms with van der Waals surface area (Å²) in [5.74, 6) is 0.323. The molecular formula is C12H21N3O2. The van der Waals surface area contributed by atoms with Gasteiger partial charge in [0.2, 0.25) is 11.8 Å². The zero-order valence-electron chi connectivity index (χ0n) is 10.1. The first-order valence-electron chi connectivity index (χ1n) is 6.53. The lowest BCUT2D eigenvalue weighted by Gasteiger charge is -2.10. The summed E-state index contributed by atoms with van der Waals surface area (Å²) in [5.41, 5.74) is 0. The van der Waals surface area contributed by atoms with Gasteiger partial charge in [0.1, 0.15) is 0 Å². The molecule has 3 N–H and O–H groups in total. The van der Waals surface area contributed by atoms with Gasteiger partial charge in [0.25, 0.3) is 0 Å². The van der Waals surface area contributed by atoms with Gasteiger partial charge >= 0.3 is 0 Å². The monoisotopic (exact) mass is 239 g/mol. The van der Waals surface area contributed by atoms with Crippen molar-refractivity contribution in [3.63, 3.8) is 0 Å². The average molecular weight is 239 g/mol. The molecule has 1 aliphatic carbocycles. The fraction of sp³-hybridized carbons (Fsp3) is 0.833. The van der Waals surface area contributed by atoms with Crippen molar-refractivity contribution in [3.05, 3.63) is 0 Å². The summed E-state index contributed by atoms with van der Waals surface area (Å²) in [6.45, 7) is 1.65. The quantitative estimate of drug-likeness (QED) is 0.544. The molecule has 1 saturated heterocycles. The molecular weight excluding hydrogens is 218 g/mol. The summed E-state index contributed by atoms with van der Waals surface area (Å²) >= 11 is 0. The van der Waals surface area contributed by atoms with Crippen LogP contribution in [-0.2, 0) is 9.59 Å². The van der Waals surface area contributed by atoms with Crippen molar-refractivity contribution in [3.8, 4) is 0 Å². The Bertz CT molecular complexity index is 289. The molecule has 0 radical (unpaired) electrons. The molecule has 96 valence electrons. The average Bonchev–Trinajstić information content (AvgIpc) is 3.00. The maximum Gasteiger partial charge on any atom is 0.220 e. The van der Waals surface area contributed by atoms with Crippen LogP contribution < -0.4 is 16.0 Å². The van der Waals surface area contributed by atoms with E-state index >= 15 is 0 Å². The van der Waals surface area contributed by atoms with E-state index in [0.717, 1.165) is 38.8 Å². The third-order valence-corrected chi connectivity index (χ3v) is 3.18. The van der Waals surface area contributed by atoms with Crippen molar-refractivity contribution in [1.82, 2.24) is 16.0 Å². The predicted octanol–water partition coefficient (Wildman–Crippen LogP) is -0.0866. The Morgan fingerprint density at radius 2 is 2.18 bits per heavy atom. The summed E-state index contributed by atoms with van der Waals surface area (Å²) in [6, 6.07) is 0.743. The molecule has 5 nitrogen and oxygen atoms in total. The number of carbonyl (C=O) groups excluding carboxylic acids is 2. The van der Waals surface area contributed by atoms with Crippen LogP contribution in [0.1, 0.15) is 38.5 Å². The molecule has 2 fully saturated rings. The van der Waals surface area contributed by atoms with Gasteiger partial charge < -0.3 is 16.0 Å². The summed E-state index contributed by atoms with van der Waals surface area (Å²) in [7, 11) is 0. The van der Waals surface area contributed by atoms with Crippen LogP contribution in [0.25, 0.3) is 0 Å². The van der Waals surface area contributed by atoms with E-state index in [9.17, 15) is 9.59 Å². The number of carbonyl (C=O) groups is 2. The lowest BCUT2D eigenvalue weighted by molar-refractivity contribution is -0.121. The standard InChI is InChI=1S/C12H21N3O2/c16-11(14-9-3-4-9)2-1-7-13-8-10-5-6-12(17)15-10/h9-10,13H,1-8H2,(H,14,16)(H,15,17). The number of amides is 2. The van der Waals surface area contributed by atoms with Crippen LogP contribution in [0, 0.1) is 0 Å². The van der Waals surface area contributed by atoms with Crippen LogP contribution in [-0.4, -0.2) is 37.0 Å². The lowest BCUT2D eigenvalue weighted by Crippen LogP contribution is -2.36. The number of nitrogens with one attached hydrogen (secondary N) is 3. The fourth-order valence-electron chi connectivity index (χ4n) is 2.01. The van der Waals surface area contributed by atoms with Crippen molar-refractivity contribution >= 4 is 11.8 Å². The molecule has 2 rings (SSSR count). The molecule has 0 aromatic rings. The van der Waals surface area contributed by atoms with E-state index in [0.29, 0.717) is 18.9 Å². The molecule has 1 atom stereocenters. The molecule has 17 heavy (non-hydrogen) atoms. The van der Waals surface area contributed by atoms with Gasteiger partial charge in [-0.15, -0.1) is 0 Å². The first-order valence-corrected chi connectivity index (χ1v) is 6.53. The largest absolute Gasteiger partial charge is 0.353 e. The van der Waals surface area contributed by atoms with Crippen molar-refractivity contribution in [1.29, 1.82) is 0 Å². The van der Waals surface area contributed by atoms with Crippen molar-refractivity contribution in [2.75, 3.05) is 13.1 Å². The first-order chi connectivity index (χ1) is 8.24. The molecule has 5 heteroatoms. The van der Waals surface area contributed by atoms with Crippen LogP contribution in [0.4, 0.5) is 0 Å². The molecule has 1 heterocycles. The minimum absolute atomic E-state index is 0.153. The molecule has 0 aromatic heterocycles. The second-order valence-corrected chi connectivity index (χ2v) is 4.95. The highest BCUT2D eigenvalue weighted by Gasteiger charge is 2.23. The summed E-state index contributed by atoms with van der Waals surface area (Å²) in [4.78, 5) is 22.3. The van der Waals surface area contributed by atoms with Crippen LogP contribution >= 0.6 is 0 Å². The van der Waals surface area contributed by atoms with Gasteiger partial charge in [0, 0.05) is 31.5 Å². The zero-order chi connectivity index (χ0) is 12.1. The molecule has 2 aliphatic rings. The number of hydrogen-bond donors (Lipinski definition) is 3.